The number of halogens is 1. The number of nitrogens with zero attached hydrogens (tertiary/aromatic N) is 2. The monoisotopic (exact) mass is 518 g/mol. The van der Waals surface area contributed by atoms with Crippen molar-refractivity contribution >= 4 is 41.3 Å². The number of ether oxygens (including phenoxy) is 2. The first-order valence-electron chi connectivity index (χ1n) is 9.19. The number of thiazole rings is 1. The lowest BCUT2D eigenvalue weighted by Crippen LogP contribution is -2.38. The molecule has 8 heteroatoms. The molecule has 1 atom stereocenters. The Morgan fingerprint density at radius 2 is 1.96 bits per heavy atom. The number of methoxy groups -OCH3 is 2. The Hall–Kier alpha value is -1.55. The molecule has 0 bridgehead atoms. The minimum atomic E-state index is -0.00508. The van der Waals surface area contributed by atoms with Crippen molar-refractivity contribution < 1.29 is 9.47 Å². The van der Waals surface area contributed by atoms with Crippen LogP contribution in [-0.4, -0.2) is 31.7 Å². The number of rotatable bonds is 8. The Morgan fingerprint density at radius 3 is 2.54 bits per heavy atom. The molecule has 0 radical (unpaired) electrons. The average molecular weight is 518 g/mol. The first-order valence-corrected chi connectivity index (χ1v) is 10.1. The summed E-state index contributed by atoms with van der Waals surface area (Å²) < 4.78 is 10.8. The van der Waals surface area contributed by atoms with Crippen LogP contribution in [0.2, 0.25) is 0 Å². The van der Waals surface area contributed by atoms with E-state index in [2.05, 4.69) is 46.8 Å². The van der Waals surface area contributed by atoms with Crippen LogP contribution < -0.4 is 20.1 Å². The van der Waals surface area contributed by atoms with Gasteiger partial charge in [-0.2, -0.15) is 0 Å². The summed E-state index contributed by atoms with van der Waals surface area (Å²) in [4.78, 5) is 9.34. The maximum Gasteiger partial charge on any atom is 0.192 e. The molecule has 2 N–H and O–H groups in total. The van der Waals surface area contributed by atoms with Crippen molar-refractivity contribution in [2.75, 3.05) is 20.8 Å². The summed E-state index contributed by atoms with van der Waals surface area (Å²) in [5.74, 6) is 2.80. The number of hydrogen-bond donors (Lipinski definition) is 2. The zero-order chi connectivity index (χ0) is 19.8. The molecule has 0 fully saturated rings. The summed E-state index contributed by atoms with van der Waals surface area (Å²) in [6, 6.07) is 5.78. The largest absolute Gasteiger partial charge is 0.497 e. The molecule has 1 heterocycles. The van der Waals surface area contributed by atoms with Gasteiger partial charge in [0.2, 0.25) is 0 Å². The molecule has 0 spiro atoms. The van der Waals surface area contributed by atoms with Crippen molar-refractivity contribution in [2.45, 2.75) is 46.2 Å². The van der Waals surface area contributed by atoms with Crippen molar-refractivity contribution in [1.29, 1.82) is 0 Å². The second kappa shape index (κ2) is 12.1. The van der Waals surface area contributed by atoms with E-state index < -0.39 is 0 Å². The summed E-state index contributed by atoms with van der Waals surface area (Å²) >= 11 is 1.69. The Kier molecular flexibility index (Phi) is 10.6. The molecule has 156 valence electrons. The lowest BCUT2D eigenvalue weighted by molar-refractivity contribution is 0.394. The number of benzene rings is 1. The molecule has 1 aromatic carbocycles. The van der Waals surface area contributed by atoms with Gasteiger partial charge in [-0.15, -0.1) is 35.3 Å². The van der Waals surface area contributed by atoms with Gasteiger partial charge in [-0.1, -0.05) is 13.8 Å². The summed E-state index contributed by atoms with van der Waals surface area (Å²) in [7, 11) is 3.33. The van der Waals surface area contributed by atoms with Gasteiger partial charge in [0.25, 0.3) is 0 Å². The molecule has 0 aliphatic carbocycles. The second-order valence-corrected chi connectivity index (χ2v) is 7.39. The van der Waals surface area contributed by atoms with Crippen LogP contribution in [0.5, 0.6) is 11.5 Å². The molecule has 0 aliphatic heterocycles. The number of aliphatic imine (C=N–C) groups is 1. The van der Waals surface area contributed by atoms with E-state index in [4.69, 9.17) is 9.47 Å². The molecule has 1 aromatic heterocycles. The molecular formula is C20H31IN4O2S. The molecule has 1 unspecified atom stereocenters. The fourth-order valence-corrected chi connectivity index (χ4v) is 3.43. The summed E-state index contributed by atoms with van der Waals surface area (Å²) in [5.41, 5.74) is 2.01. The van der Waals surface area contributed by atoms with Gasteiger partial charge in [0.1, 0.15) is 11.5 Å². The predicted octanol–water partition coefficient (Wildman–Crippen LogP) is 4.72. The standard InChI is InChI=1S/C20H30N4O2S.HI/c1-7-21-20(22-11-15-12-27-19(24-15)13(2)3)23-14(4)17-10-16(25-5)8-9-18(17)26-6;/h8-10,12-14H,7,11H2,1-6H3,(H2,21,22,23);1H. The summed E-state index contributed by atoms with van der Waals surface area (Å²) in [6.45, 7) is 9.75. The minimum Gasteiger partial charge on any atom is -0.497 e. The Balaban J connectivity index is 0.00000392. The van der Waals surface area contributed by atoms with Crippen LogP contribution in [-0.2, 0) is 6.54 Å². The van der Waals surface area contributed by atoms with Crippen LogP contribution in [0, 0.1) is 0 Å². The molecule has 0 saturated heterocycles. The van der Waals surface area contributed by atoms with E-state index in [1.54, 1.807) is 25.6 Å². The number of guanidine groups is 1. The number of hydrogen-bond acceptors (Lipinski definition) is 5. The molecule has 0 aliphatic rings. The van der Waals surface area contributed by atoms with Gasteiger partial charge in [-0.05, 0) is 32.0 Å². The molecule has 0 saturated carbocycles. The van der Waals surface area contributed by atoms with Gasteiger partial charge in [-0.3, -0.25) is 0 Å². The van der Waals surface area contributed by atoms with Gasteiger partial charge in [0, 0.05) is 23.4 Å². The highest BCUT2D eigenvalue weighted by molar-refractivity contribution is 14.0. The fourth-order valence-electron chi connectivity index (χ4n) is 2.60. The van der Waals surface area contributed by atoms with Gasteiger partial charge >= 0.3 is 0 Å². The molecular weight excluding hydrogens is 487 g/mol. The van der Waals surface area contributed by atoms with E-state index >= 15 is 0 Å². The number of nitrogens with one attached hydrogen (secondary N) is 2. The van der Waals surface area contributed by atoms with Crippen LogP contribution in [0.3, 0.4) is 0 Å². The Labute approximate surface area is 189 Å². The highest BCUT2D eigenvalue weighted by Gasteiger charge is 2.14. The Bertz CT molecular complexity index is 764. The van der Waals surface area contributed by atoms with E-state index in [0.29, 0.717) is 12.5 Å². The maximum atomic E-state index is 5.50. The van der Waals surface area contributed by atoms with Crippen molar-refractivity contribution in [3.05, 3.63) is 39.8 Å². The van der Waals surface area contributed by atoms with E-state index in [0.717, 1.165) is 40.3 Å². The molecule has 2 rings (SSSR count). The SMILES string of the molecule is CCNC(=NCc1csc(C(C)C)n1)NC(C)c1cc(OC)ccc1OC.I. The highest BCUT2D eigenvalue weighted by Crippen LogP contribution is 2.29. The van der Waals surface area contributed by atoms with Gasteiger partial charge in [0.05, 0.1) is 37.5 Å². The number of aromatic nitrogens is 1. The molecule has 2 aromatic rings. The smallest absolute Gasteiger partial charge is 0.192 e. The van der Waals surface area contributed by atoms with Crippen LogP contribution in [0.4, 0.5) is 0 Å². The zero-order valence-corrected chi connectivity index (χ0v) is 20.6. The van der Waals surface area contributed by atoms with E-state index in [1.807, 2.05) is 25.1 Å². The highest BCUT2D eigenvalue weighted by atomic mass is 127. The summed E-state index contributed by atoms with van der Waals surface area (Å²) in [6.07, 6.45) is 0. The quantitative estimate of drug-likeness (QED) is 0.301. The van der Waals surface area contributed by atoms with Crippen molar-refractivity contribution in [3.63, 3.8) is 0 Å². The van der Waals surface area contributed by atoms with E-state index in [9.17, 15) is 0 Å². The zero-order valence-electron chi connectivity index (χ0n) is 17.4. The van der Waals surface area contributed by atoms with Crippen LogP contribution in [0.1, 0.15) is 55.9 Å². The fraction of sp³-hybridized carbons (Fsp3) is 0.500. The van der Waals surface area contributed by atoms with Gasteiger partial charge < -0.3 is 20.1 Å². The van der Waals surface area contributed by atoms with Crippen molar-refractivity contribution in [3.8, 4) is 11.5 Å². The minimum absolute atomic E-state index is 0. The van der Waals surface area contributed by atoms with Crippen molar-refractivity contribution in [1.82, 2.24) is 15.6 Å². The second-order valence-electron chi connectivity index (χ2n) is 6.50. The lowest BCUT2D eigenvalue weighted by Gasteiger charge is -2.20. The first kappa shape index (κ1) is 24.5. The average Bonchev–Trinajstić information content (AvgIpc) is 3.15. The van der Waals surface area contributed by atoms with Crippen LogP contribution in [0.25, 0.3) is 0 Å². The molecule has 0 amide bonds. The topological polar surface area (TPSA) is 67.8 Å². The van der Waals surface area contributed by atoms with E-state index in [1.165, 1.54) is 0 Å². The maximum absolute atomic E-state index is 5.50. The third-order valence-corrected chi connectivity index (χ3v) is 5.26. The van der Waals surface area contributed by atoms with Gasteiger partial charge in [0.15, 0.2) is 5.96 Å². The lowest BCUT2D eigenvalue weighted by atomic mass is 10.1. The van der Waals surface area contributed by atoms with Crippen LogP contribution in [0.15, 0.2) is 28.6 Å². The van der Waals surface area contributed by atoms with Crippen molar-refractivity contribution in [2.24, 2.45) is 4.99 Å². The predicted molar refractivity (Wildman–Crippen MR) is 128 cm³/mol. The Morgan fingerprint density at radius 1 is 1.21 bits per heavy atom. The molecule has 28 heavy (non-hydrogen) atoms. The first-order chi connectivity index (χ1) is 13.0. The van der Waals surface area contributed by atoms with E-state index in [-0.39, 0.29) is 30.0 Å². The normalized spacial score (nSPS) is 12.3. The van der Waals surface area contributed by atoms with Crippen LogP contribution >= 0.6 is 35.3 Å². The van der Waals surface area contributed by atoms with Gasteiger partial charge in [-0.25, -0.2) is 9.98 Å². The summed E-state index contributed by atoms with van der Waals surface area (Å²) in [5, 5.41) is 9.96. The third kappa shape index (κ3) is 6.80. The molecule has 6 nitrogen and oxygen atoms in total. The third-order valence-electron chi connectivity index (χ3n) is 4.06.